The Morgan fingerprint density at radius 1 is 1.27 bits per heavy atom. The van der Waals surface area contributed by atoms with Crippen LogP contribution < -0.4 is 5.56 Å². The number of unbranched alkanes of at least 4 members (excludes halogenated alkanes) is 1. The first-order valence-electron chi connectivity index (χ1n) is 7.44. The zero-order chi connectivity index (χ0) is 16.3. The molecule has 0 saturated carbocycles. The van der Waals surface area contributed by atoms with Gasteiger partial charge in [0.05, 0.1) is 16.9 Å². The van der Waals surface area contributed by atoms with Crippen molar-refractivity contribution in [1.82, 2.24) is 9.78 Å². The number of nitrogens with zero attached hydrogens (tertiary/aromatic N) is 2. The van der Waals surface area contributed by atoms with Crippen LogP contribution in [0, 0.1) is 5.82 Å². The topological polar surface area (TPSA) is 55.1 Å². The third kappa shape index (κ3) is 3.60. The lowest BCUT2D eigenvalue weighted by Crippen LogP contribution is -2.33. The van der Waals surface area contributed by atoms with Crippen molar-refractivity contribution in [1.29, 1.82) is 0 Å². The zero-order valence-corrected chi connectivity index (χ0v) is 13.1. The molecule has 118 valence electrons. The summed E-state index contributed by atoms with van der Waals surface area (Å²) in [5.74, 6) is -0.328. The van der Waals surface area contributed by atoms with Crippen molar-refractivity contribution in [3.63, 3.8) is 0 Å². The maximum atomic E-state index is 13.1. The first-order valence-corrected chi connectivity index (χ1v) is 7.44. The first-order chi connectivity index (χ1) is 10.3. The van der Waals surface area contributed by atoms with Gasteiger partial charge in [-0.3, -0.25) is 4.79 Å². The molecular formula is C17H21FN2O2. The van der Waals surface area contributed by atoms with Gasteiger partial charge in [0.2, 0.25) is 0 Å². The number of aliphatic hydroxyl groups is 1. The molecule has 0 amide bonds. The van der Waals surface area contributed by atoms with Crippen molar-refractivity contribution in [2.75, 3.05) is 0 Å². The normalized spacial score (nSPS) is 11.7. The Morgan fingerprint density at radius 2 is 1.91 bits per heavy atom. The van der Waals surface area contributed by atoms with E-state index < -0.39 is 5.60 Å². The molecular weight excluding hydrogens is 283 g/mol. The third-order valence-corrected chi connectivity index (χ3v) is 3.50. The molecule has 5 heteroatoms. The summed E-state index contributed by atoms with van der Waals surface area (Å²) in [5.41, 5.74) is -0.00215. The van der Waals surface area contributed by atoms with E-state index in [0.717, 1.165) is 12.8 Å². The van der Waals surface area contributed by atoms with Crippen LogP contribution in [0.3, 0.4) is 0 Å². The molecule has 1 N–H and O–H groups in total. The summed E-state index contributed by atoms with van der Waals surface area (Å²) in [6, 6.07) is 7.50. The van der Waals surface area contributed by atoms with Gasteiger partial charge in [-0.1, -0.05) is 13.3 Å². The third-order valence-electron chi connectivity index (χ3n) is 3.50. The second-order valence-electron chi connectivity index (χ2n) is 5.89. The molecule has 0 unspecified atom stereocenters. The highest BCUT2D eigenvalue weighted by molar-refractivity contribution is 5.59. The Bertz CT molecular complexity index is 700. The minimum Gasteiger partial charge on any atom is -0.386 e. The van der Waals surface area contributed by atoms with Crippen LogP contribution in [0.4, 0.5) is 4.39 Å². The fraction of sp³-hybridized carbons (Fsp3) is 0.412. The SMILES string of the molecule is CCCCn1nc(-c2ccc(F)cc2)cc(C(C)(C)O)c1=O. The molecule has 1 aromatic carbocycles. The highest BCUT2D eigenvalue weighted by Gasteiger charge is 2.23. The monoisotopic (exact) mass is 304 g/mol. The number of benzene rings is 1. The van der Waals surface area contributed by atoms with E-state index in [1.54, 1.807) is 32.0 Å². The number of rotatable bonds is 5. The minimum absolute atomic E-state index is 0.285. The number of aromatic nitrogens is 2. The van der Waals surface area contributed by atoms with E-state index in [2.05, 4.69) is 5.10 Å². The van der Waals surface area contributed by atoms with Gasteiger partial charge in [-0.15, -0.1) is 0 Å². The number of aryl methyl sites for hydroxylation is 1. The molecule has 4 nitrogen and oxygen atoms in total. The quantitative estimate of drug-likeness (QED) is 0.923. The smallest absolute Gasteiger partial charge is 0.272 e. The number of halogens is 1. The van der Waals surface area contributed by atoms with Crippen LogP contribution in [0.15, 0.2) is 35.1 Å². The molecule has 1 aromatic heterocycles. The maximum Gasteiger partial charge on any atom is 0.272 e. The summed E-state index contributed by atoms with van der Waals surface area (Å²) in [6.07, 6.45) is 1.76. The van der Waals surface area contributed by atoms with Gasteiger partial charge in [-0.2, -0.15) is 5.10 Å². The lowest BCUT2D eigenvalue weighted by molar-refractivity contribution is 0.0761. The Hall–Kier alpha value is -2.01. The van der Waals surface area contributed by atoms with Crippen molar-refractivity contribution >= 4 is 0 Å². The van der Waals surface area contributed by atoms with Gasteiger partial charge in [-0.25, -0.2) is 9.07 Å². The zero-order valence-electron chi connectivity index (χ0n) is 13.1. The van der Waals surface area contributed by atoms with Gasteiger partial charge in [0.1, 0.15) is 5.82 Å². The maximum absolute atomic E-state index is 13.1. The van der Waals surface area contributed by atoms with Crippen LogP contribution in [0.1, 0.15) is 39.2 Å². The van der Waals surface area contributed by atoms with Crippen molar-refractivity contribution in [2.24, 2.45) is 0 Å². The van der Waals surface area contributed by atoms with E-state index in [0.29, 0.717) is 17.8 Å². The molecule has 0 radical (unpaired) electrons. The summed E-state index contributed by atoms with van der Waals surface area (Å²) in [4.78, 5) is 12.4. The summed E-state index contributed by atoms with van der Waals surface area (Å²) >= 11 is 0. The van der Waals surface area contributed by atoms with Crippen LogP contribution in [0.5, 0.6) is 0 Å². The van der Waals surface area contributed by atoms with E-state index in [1.165, 1.54) is 16.8 Å². The van der Waals surface area contributed by atoms with Crippen LogP contribution in [-0.2, 0) is 12.1 Å². The second-order valence-corrected chi connectivity index (χ2v) is 5.89. The van der Waals surface area contributed by atoms with Gasteiger partial charge < -0.3 is 5.11 Å². The van der Waals surface area contributed by atoms with E-state index in [4.69, 9.17) is 0 Å². The van der Waals surface area contributed by atoms with Crippen LogP contribution in [0.2, 0.25) is 0 Å². The molecule has 0 aliphatic rings. The van der Waals surface area contributed by atoms with E-state index in [9.17, 15) is 14.3 Å². The van der Waals surface area contributed by atoms with Gasteiger partial charge >= 0.3 is 0 Å². The molecule has 0 fully saturated rings. The molecule has 2 aromatic rings. The van der Waals surface area contributed by atoms with Crippen LogP contribution in [-0.4, -0.2) is 14.9 Å². The summed E-state index contributed by atoms with van der Waals surface area (Å²) in [5, 5.41) is 14.6. The van der Waals surface area contributed by atoms with Gasteiger partial charge in [-0.05, 0) is 50.6 Å². The molecule has 1 heterocycles. The Kier molecular flexibility index (Phi) is 4.76. The summed E-state index contributed by atoms with van der Waals surface area (Å²) < 4.78 is 14.4. The van der Waals surface area contributed by atoms with Gasteiger partial charge in [0.15, 0.2) is 0 Å². The standard InChI is InChI=1S/C17H21FN2O2/c1-4-5-10-20-16(21)14(17(2,3)22)11-15(19-20)12-6-8-13(18)9-7-12/h6-9,11,22H,4-5,10H2,1-3H3. The lowest BCUT2D eigenvalue weighted by atomic mass is 9.98. The molecule has 2 rings (SSSR count). The molecule has 0 bridgehead atoms. The first kappa shape index (κ1) is 16.4. The Labute approximate surface area is 129 Å². The molecule has 0 aliphatic carbocycles. The van der Waals surface area contributed by atoms with Crippen LogP contribution >= 0.6 is 0 Å². The largest absolute Gasteiger partial charge is 0.386 e. The molecule has 0 spiro atoms. The average molecular weight is 304 g/mol. The average Bonchev–Trinajstić information content (AvgIpc) is 2.46. The Morgan fingerprint density at radius 3 is 2.45 bits per heavy atom. The van der Waals surface area contributed by atoms with E-state index in [1.807, 2.05) is 6.92 Å². The summed E-state index contributed by atoms with van der Waals surface area (Å²) in [7, 11) is 0. The van der Waals surface area contributed by atoms with E-state index in [-0.39, 0.29) is 16.9 Å². The Balaban J connectivity index is 2.59. The fourth-order valence-electron chi connectivity index (χ4n) is 2.20. The molecule has 0 atom stereocenters. The number of hydrogen-bond acceptors (Lipinski definition) is 3. The number of hydrogen-bond donors (Lipinski definition) is 1. The predicted octanol–water partition coefficient (Wildman–Crippen LogP) is 3.08. The van der Waals surface area contributed by atoms with Crippen molar-refractivity contribution in [3.8, 4) is 11.3 Å². The molecule has 0 aliphatic heterocycles. The van der Waals surface area contributed by atoms with Gasteiger partial charge in [0.25, 0.3) is 5.56 Å². The van der Waals surface area contributed by atoms with Crippen molar-refractivity contribution in [2.45, 2.75) is 45.8 Å². The highest BCUT2D eigenvalue weighted by atomic mass is 19.1. The van der Waals surface area contributed by atoms with E-state index >= 15 is 0 Å². The predicted molar refractivity (Wildman–Crippen MR) is 84.0 cm³/mol. The summed E-state index contributed by atoms with van der Waals surface area (Å²) in [6.45, 7) is 5.67. The lowest BCUT2D eigenvalue weighted by Gasteiger charge is -2.19. The minimum atomic E-state index is -1.26. The molecule has 22 heavy (non-hydrogen) atoms. The van der Waals surface area contributed by atoms with Gasteiger partial charge in [0, 0.05) is 12.1 Å². The van der Waals surface area contributed by atoms with Crippen LogP contribution in [0.25, 0.3) is 11.3 Å². The van der Waals surface area contributed by atoms with Crippen molar-refractivity contribution in [3.05, 3.63) is 52.1 Å². The molecule has 0 saturated heterocycles. The fourth-order valence-corrected chi connectivity index (χ4v) is 2.20. The second kappa shape index (κ2) is 6.40. The highest BCUT2D eigenvalue weighted by Crippen LogP contribution is 2.22. The van der Waals surface area contributed by atoms with Crippen molar-refractivity contribution < 1.29 is 9.50 Å².